The second-order valence-electron chi connectivity index (χ2n) is 3.12. The molecule has 1 heterocycles. The van der Waals surface area contributed by atoms with Crippen LogP contribution < -0.4 is 10.6 Å². The number of hydrogen-bond donors (Lipinski definition) is 1. The highest BCUT2D eigenvalue weighted by atomic mass is 15.2. The SMILES string of the molecule is C#CCN(CC)c1cc(N)c(C)cn1. The molecule has 0 aromatic carbocycles. The minimum atomic E-state index is 0.562. The smallest absolute Gasteiger partial charge is 0.131 e. The predicted molar refractivity (Wildman–Crippen MR) is 60.1 cm³/mol. The number of aryl methyl sites for hydroxylation is 1. The molecule has 1 rings (SSSR count). The van der Waals surface area contributed by atoms with E-state index in [0.29, 0.717) is 6.54 Å². The van der Waals surface area contributed by atoms with Crippen molar-refractivity contribution in [2.75, 3.05) is 23.7 Å². The molecule has 3 nitrogen and oxygen atoms in total. The number of anilines is 2. The van der Waals surface area contributed by atoms with Gasteiger partial charge in [0.1, 0.15) is 5.82 Å². The highest BCUT2D eigenvalue weighted by Crippen LogP contribution is 2.16. The molecule has 0 bridgehead atoms. The van der Waals surface area contributed by atoms with Crippen molar-refractivity contribution in [1.82, 2.24) is 4.98 Å². The van der Waals surface area contributed by atoms with Gasteiger partial charge in [-0.25, -0.2) is 4.98 Å². The van der Waals surface area contributed by atoms with Gasteiger partial charge in [0, 0.05) is 24.5 Å². The minimum Gasteiger partial charge on any atom is -0.398 e. The summed E-state index contributed by atoms with van der Waals surface area (Å²) in [4.78, 5) is 6.28. The third kappa shape index (κ3) is 2.17. The highest BCUT2D eigenvalue weighted by Gasteiger charge is 2.05. The summed E-state index contributed by atoms with van der Waals surface area (Å²) in [6.07, 6.45) is 7.03. The Bertz CT molecular complexity index is 352. The molecule has 2 N–H and O–H groups in total. The van der Waals surface area contributed by atoms with E-state index in [0.717, 1.165) is 23.6 Å². The Morgan fingerprint density at radius 2 is 2.36 bits per heavy atom. The Morgan fingerprint density at radius 3 is 2.86 bits per heavy atom. The van der Waals surface area contributed by atoms with Crippen LogP contribution in [0.4, 0.5) is 11.5 Å². The second-order valence-corrected chi connectivity index (χ2v) is 3.12. The standard InChI is InChI=1S/C11H15N3/c1-4-6-14(5-2)11-7-10(12)9(3)8-13-11/h1,7-8H,5-6H2,2-3H3,(H2,12,13). The van der Waals surface area contributed by atoms with Crippen LogP contribution in [0.15, 0.2) is 12.3 Å². The number of hydrogen-bond acceptors (Lipinski definition) is 3. The highest BCUT2D eigenvalue weighted by molar-refractivity contribution is 5.55. The summed E-state index contributed by atoms with van der Waals surface area (Å²) < 4.78 is 0. The van der Waals surface area contributed by atoms with Gasteiger partial charge in [-0.15, -0.1) is 6.42 Å². The molecule has 0 aliphatic rings. The van der Waals surface area contributed by atoms with E-state index in [2.05, 4.69) is 10.9 Å². The maximum Gasteiger partial charge on any atom is 0.131 e. The second kappa shape index (κ2) is 4.52. The fourth-order valence-corrected chi connectivity index (χ4v) is 1.17. The summed E-state index contributed by atoms with van der Waals surface area (Å²) in [5.41, 5.74) is 7.54. The third-order valence-corrected chi connectivity index (χ3v) is 2.12. The Labute approximate surface area is 84.9 Å². The van der Waals surface area contributed by atoms with Crippen LogP contribution in [0.2, 0.25) is 0 Å². The molecule has 0 saturated carbocycles. The van der Waals surface area contributed by atoms with Gasteiger partial charge >= 0.3 is 0 Å². The van der Waals surface area contributed by atoms with Gasteiger partial charge in [0.05, 0.1) is 6.54 Å². The lowest BCUT2D eigenvalue weighted by molar-refractivity contribution is 0.892. The largest absolute Gasteiger partial charge is 0.398 e. The van der Waals surface area contributed by atoms with Gasteiger partial charge < -0.3 is 10.6 Å². The normalized spacial score (nSPS) is 9.50. The van der Waals surface area contributed by atoms with E-state index >= 15 is 0 Å². The molecule has 0 saturated heterocycles. The van der Waals surface area contributed by atoms with Gasteiger partial charge in [-0.2, -0.15) is 0 Å². The molecule has 0 aliphatic carbocycles. The summed E-state index contributed by atoms with van der Waals surface area (Å²) in [5, 5.41) is 0. The fraction of sp³-hybridized carbons (Fsp3) is 0.364. The van der Waals surface area contributed by atoms with E-state index in [4.69, 9.17) is 12.2 Å². The lowest BCUT2D eigenvalue weighted by Crippen LogP contribution is -2.24. The monoisotopic (exact) mass is 189 g/mol. The summed E-state index contributed by atoms with van der Waals surface area (Å²) in [6.45, 7) is 5.37. The lowest BCUT2D eigenvalue weighted by atomic mass is 10.2. The number of nitrogens with two attached hydrogens (primary N) is 1. The van der Waals surface area contributed by atoms with Crippen LogP contribution in [0.3, 0.4) is 0 Å². The lowest BCUT2D eigenvalue weighted by Gasteiger charge is -2.19. The number of rotatable bonds is 3. The van der Waals surface area contributed by atoms with E-state index in [1.165, 1.54) is 0 Å². The van der Waals surface area contributed by atoms with Crippen LogP contribution in [0.5, 0.6) is 0 Å². The molecule has 0 unspecified atom stereocenters. The van der Waals surface area contributed by atoms with Crippen molar-refractivity contribution >= 4 is 11.5 Å². The van der Waals surface area contributed by atoms with Crippen molar-refractivity contribution in [3.05, 3.63) is 17.8 Å². The Kier molecular flexibility index (Phi) is 3.35. The maximum atomic E-state index is 5.79. The number of nitrogens with zero attached hydrogens (tertiary/aromatic N) is 2. The van der Waals surface area contributed by atoms with Gasteiger partial charge in [0.2, 0.25) is 0 Å². The Hall–Kier alpha value is -1.69. The van der Waals surface area contributed by atoms with Gasteiger partial charge in [0.25, 0.3) is 0 Å². The molecule has 0 spiro atoms. The molecule has 1 aromatic heterocycles. The summed E-state index contributed by atoms with van der Waals surface area (Å²) in [7, 11) is 0. The number of terminal acetylenes is 1. The molecule has 3 heteroatoms. The van der Waals surface area contributed by atoms with Crippen LogP contribution in [-0.4, -0.2) is 18.1 Å². The molecule has 1 aromatic rings. The van der Waals surface area contributed by atoms with Gasteiger partial charge in [0.15, 0.2) is 0 Å². The first-order valence-electron chi connectivity index (χ1n) is 4.59. The van der Waals surface area contributed by atoms with Crippen LogP contribution in [0, 0.1) is 19.3 Å². The first kappa shape index (κ1) is 10.4. The van der Waals surface area contributed by atoms with Crippen LogP contribution >= 0.6 is 0 Å². The van der Waals surface area contributed by atoms with E-state index < -0.39 is 0 Å². The summed E-state index contributed by atoms with van der Waals surface area (Å²) in [5.74, 6) is 3.44. The van der Waals surface area contributed by atoms with E-state index in [-0.39, 0.29) is 0 Å². The molecular formula is C11H15N3. The predicted octanol–water partition coefficient (Wildman–Crippen LogP) is 1.43. The van der Waals surface area contributed by atoms with Crippen LogP contribution in [0.25, 0.3) is 0 Å². The number of pyridine rings is 1. The average Bonchev–Trinajstić information content (AvgIpc) is 2.19. The number of nitrogen functional groups attached to an aromatic ring is 1. The van der Waals surface area contributed by atoms with Crippen molar-refractivity contribution in [2.45, 2.75) is 13.8 Å². The van der Waals surface area contributed by atoms with E-state index in [1.807, 2.05) is 24.8 Å². The average molecular weight is 189 g/mol. The number of aromatic nitrogens is 1. The van der Waals surface area contributed by atoms with Crippen molar-refractivity contribution in [3.8, 4) is 12.3 Å². The molecule has 0 fully saturated rings. The van der Waals surface area contributed by atoms with E-state index in [1.54, 1.807) is 6.20 Å². The van der Waals surface area contributed by atoms with Crippen molar-refractivity contribution in [2.24, 2.45) is 0 Å². The Balaban J connectivity index is 2.95. The first-order valence-corrected chi connectivity index (χ1v) is 4.59. The van der Waals surface area contributed by atoms with Crippen molar-refractivity contribution in [3.63, 3.8) is 0 Å². The zero-order valence-electron chi connectivity index (χ0n) is 8.62. The summed E-state index contributed by atoms with van der Waals surface area (Å²) in [6, 6.07) is 1.86. The molecule has 0 atom stereocenters. The zero-order valence-corrected chi connectivity index (χ0v) is 8.62. The fourth-order valence-electron chi connectivity index (χ4n) is 1.17. The topological polar surface area (TPSA) is 42.1 Å². The molecule has 0 radical (unpaired) electrons. The third-order valence-electron chi connectivity index (χ3n) is 2.12. The van der Waals surface area contributed by atoms with Crippen LogP contribution in [0.1, 0.15) is 12.5 Å². The molecular weight excluding hydrogens is 174 g/mol. The maximum absolute atomic E-state index is 5.79. The van der Waals surface area contributed by atoms with Gasteiger partial charge in [-0.3, -0.25) is 0 Å². The zero-order chi connectivity index (χ0) is 10.6. The Morgan fingerprint density at radius 1 is 1.64 bits per heavy atom. The van der Waals surface area contributed by atoms with Gasteiger partial charge in [-0.1, -0.05) is 5.92 Å². The quantitative estimate of drug-likeness (QED) is 0.731. The first-order chi connectivity index (χ1) is 6.69. The molecule has 0 amide bonds. The molecule has 0 aliphatic heterocycles. The van der Waals surface area contributed by atoms with E-state index in [9.17, 15) is 0 Å². The van der Waals surface area contributed by atoms with Crippen molar-refractivity contribution in [1.29, 1.82) is 0 Å². The van der Waals surface area contributed by atoms with Crippen molar-refractivity contribution < 1.29 is 0 Å². The van der Waals surface area contributed by atoms with Crippen LogP contribution in [-0.2, 0) is 0 Å². The minimum absolute atomic E-state index is 0.562. The summed E-state index contributed by atoms with van der Waals surface area (Å²) >= 11 is 0. The molecule has 74 valence electrons. The molecule has 14 heavy (non-hydrogen) atoms. The van der Waals surface area contributed by atoms with Gasteiger partial charge in [-0.05, 0) is 19.4 Å².